The van der Waals surface area contributed by atoms with Crippen LogP contribution in [0.15, 0.2) is 30.5 Å². The van der Waals surface area contributed by atoms with Gasteiger partial charge in [-0.15, -0.1) is 0 Å². The van der Waals surface area contributed by atoms with Gasteiger partial charge in [-0.3, -0.25) is 9.48 Å². The second-order valence-corrected chi connectivity index (χ2v) is 6.03. The number of aromatic nitrogens is 2. The average Bonchev–Trinajstić information content (AvgIpc) is 2.67. The van der Waals surface area contributed by atoms with Crippen molar-refractivity contribution in [2.24, 2.45) is 7.05 Å². The van der Waals surface area contributed by atoms with Crippen molar-refractivity contribution in [3.8, 4) is 0 Å². The summed E-state index contributed by atoms with van der Waals surface area (Å²) in [6.07, 6.45) is 1.48. The molecule has 0 aliphatic rings. The van der Waals surface area contributed by atoms with Crippen molar-refractivity contribution >= 4 is 17.4 Å². The Hall–Kier alpha value is -1.61. The first kappa shape index (κ1) is 13.8. The summed E-state index contributed by atoms with van der Waals surface area (Å²) in [6, 6.07) is 7.65. The largest absolute Gasteiger partial charge is 0.287 e. The summed E-state index contributed by atoms with van der Waals surface area (Å²) < 4.78 is 1.50. The minimum Gasteiger partial charge on any atom is -0.287 e. The Morgan fingerprint density at radius 3 is 2.21 bits per heavy atom. The SMILES string of the molecule is Cn1ncc(Cl)c1C(=O)c1ccc(C(C)(C)C)cc1. The van der Waals surface area contributed by atoms with Crippen molar-refractivity contribution in [2.75, 3.05) is 0 Å². The topological polar surface area (TPSA) is 34.9 Å². The molecule has 2 aromatic rings. The Kier molecular flexibility index (Phi) is 3.50. The molecule has 1 aromatic heterocycles. The number of aryl methyl sites for hydroxylation is 1. The molecule has 2 rings (SSSR count). The molecule has 100 valence electrons. The Morgan fingerprint density at radius 1 is 1.21 bits per heavy atom. The van der Waals surface area contributed by atoms with E-state index < -0.39 is 0 Å². The van der Waals surface area contributed by atoms with Gasteiger partial charge >= 0.3 is 0 Å². The van der Waals surface area contributed by atoms with Crippen LogP contribution in [0.3, 0.4) is 0 Å². The highest BCUT2D eigenvalue weighted by molar-refractivity contribution is 6.34. The van der Waals surface area contributed by atoms with Gasteiger partial charge < -0.3 is 0 Å². The number of rotatable bonds is 2. The number of ketones is 1. The maximum absolute atomic E-state index is 12.4. The number of benzene rings is 1. The quantitative estimate of drug-likeness (QED) is 0.786. The molecule has 0 amide bonds. The molecular formula is C15H17ClN2O. The van der Waals surface area contributed by atoms with E-state index in [2.05, 4.69) is 25.9 Å². The van der Waals surface area contributed by atoms with Gasteiger partial charge in [0.05, 0.1) is 11.2 Å². The predicted molar refractivity (Wildman–Crippen MR) is 76.8 cm³/mol. The molecule has 0 aliphatic carbocycles. The minimum atomic E-state index is -0.106. The molecule has 1 aromatic carbocycles. The molecule has 0 saturated carbocycles. The molecule has 0 radical (unpaired) electrons. The second kappa shape index (κ2) is 4.82. The number of halogens is 1. The van der Waals surface area contributed by atoms with Crippen LogP contribution in [-0.4, -0.2) is 15.6 Å². The van der Waals surface area contributed by atoms with Gasteiger partial charge in [0.15, 0.2) is 0 Å². The molecule has 19 heavy (non-hydrogen) atoms. The minimum absolute atomic E-state index is 0.0752. The standard InChI is InChI=1S/C15H17ClN2O/c1-15(2,3)11-7-5-10(6-8-11)14(19)13-12(16)9-17-18(13)4/h5-9H,1-4H3. The van der Waals surface area contributed by atoms with Crippen molar-refractivity contribution in [3.63, 3.8) is 0 Å². The van der Waals surface area contributed by atoms with Gasteiger partial charge in [0.2, 0.25) is 5.78 Å². The van der Waals surface area contributed by atoms with Crippen LogP contribution < -0.4 is 0 Å². The lowest BCUT2D eigenvalue weighted by atomic mass is 9.86. The van der Waals surface area contributed by atoms with E-state index in [4.69, 9.17) is 11.6 Å². The van der Waals surface area contributed by atoms with E-state index in [9.17, 15) is 4.79 Å². The summed E-state index contributed by atoms with van der Waals surface area (Å²) in [5.74, 6) is -0.106. The number of carbonyl (C=O) groups is 1. The van der Waals surface area contributed by atoms with Crippen LogP contribution in [0.4, 0.5) is 0 Å². The molecule has 0 atom stereocenters. The van der Waals surface area contributed by atoms with Gasteiger partial charge in [-0.2, -0.15) is 5.10 Å². The lowest BCUT2D eigenvalue weighted by Gasteiger charge is -2.19. The van der Waals surface area contributed by atoms with Gasteiger partial charge in [0.1, 0.15) is 5.69 Å². The van der Waals surface area contributed by atoms with Crippen LogP contribution in [0.5, 0.6) is 0 Å². The van der Waals surface area contributed by atoms with Gasteiger partial charge in [-0.1, -0.05) is 56.6 Å². The lowest BCUT2D eigenvalue weighted by molar-refractivity contribution is 0.103. The molecule has 3 nitrogen and oxygen atoms in total. The summed E-state index contributed by atoms with van der Waals surface area (Å²) in [4.78, 5) is 12.4. The fraction of sp³-hybridized carbons (Fsp3) is 0.333. The van der Waals surface area contributed by atoms with Crippen LogP contribution in [0, 0.1) is 0 Å². The van der Waals surface area contributed by atoms with Crippen molar-refractivity contribution in [1.82, 2.24) is 9.78 Å². The maximum atomic E-state index is 12.4. The monoisotopic (exact) mass is 276 g/mol. The van der Waals surface area contributed by atoms with Crippen LogP contribution in [0.2, 0.25) is 5.02 Å². The summed E-state index contributed by atoms with van der Waals surface area (Å²) >= 11 is 5.99. The molecular weight excluding hydrogens is 260 g/mol. The first-order chi connectivity index (χ1) is 8.80. The maximum Gasteiger partial charge on any atom is 0.212 e. The van der Waals surface area contributed by atoms with Crippen LogP contribution >= 0.6 is 11.6 Å². The van der Waals surface area contributed by atoms with E-state index in [0.717, 1.165) is 0 Å². The summed E-state index contributed by atoms with van der Waals surface area (Å²) in [6.45, 7) is 6.42. The fourth-order valence-electron chi connectivity index (χ4n) is 1.92. The van der Waals surface area contributed by atoms with Gasteiger partial charge in [0, 0.05) is 12.6 Å². The molecule has 0 fully saturated rings. The van der Waals surface area contributed by atoms with Crippen molar-refractivity contribution in [1.29, 1.82) is 0 Å². The Balaban J connectivity index is 2.36. The molecule has 0 unspecified atom stereocenters. The van der Waals surface area contributed by atoms with Gasteiger partial charge in [-0.25, -0.2) is 0 Å². The highest BCUT2D eigenvalue weighted by Crippen LogP contribution is 2.24. The zero-order valence-corrected chi connectivity index (χ0v) is 12.3. The fourth-order valence-corrected chi connectivity index (χ4v) is 2.18. The third-order valence-electron chi connectivity index (χ3n) is 3.12. The van der Waals surface area contributed by atoms with Gasteiger partial charge in [-0.05, 0) is 11.0 Å². The Morgan fingerprint density at radius 2 is 1.79 bits per heavy atom. The normalized spacial score (nSPS) is 11.6. The van der Waals surface area contributed by atoms with Crippen LogP contribution in [0.25, 0.3) is 0 Å². The Labute approximate surface area is 118 Å². The number of carbonyl (C=O) groups excluding carboxylic acids is 1. The van der Waals surface area contributed by atoms with E-state index >= 15 is 0 Å². The highest BCUT2D eigenvalue weighted by Gasteiger charge is 2.19. The second-order valence-electron chi connectivity index (χ2n) is 5.62. The third-order valence-corrected chi connectivity index (χ3v) is 3.40. The lowest BCUT2D eigenvalue weighted by Crippen LogP contribution is -2.12. The van der Waals surface area contributed by atoms with E-state index in [1.807, 2.05) is 24.3 Å². The highest BCUT2D eigenvalue weighted by atomic mass is 35.5. The summed E-state index contributed by atoms with van der Waals surface area (Å²) in [7, 11) is 1.71. The number of hydrogen-bond donors (Lipinski definition) is 0. The molecule has 1 heterocycles. The molecule has 0 aliphatic heterocycles. The molecule has 0 N–H and O–H groups in total. The molecule has 4 heteroatoms. The predicted octanol–water partition coefficient (Wildman–Crippen LogP) is 3.60. The molecule has 0 spiro atoms. The number of hydrogen-bond acceptors (Lipinski definition) is 2. The zero-order chi connectivity index (χ0) is 14.2. The third kappa shape index (κ3) is 2.71. The van der Waals surface area contributed by atoms with Crippen molar-refractivity contribution in [3.05, 3.63) is 52.3 Å². The van der Waals surface area contributed by atoms with Crippen LogP contribution in [-0.2, 0) is 12.5 Å². The smallest absolute Gasteiger partial charge is 0.212 e. The van der Waals surface area contributed by atoms with E-state index in [-0.39, 0.29) is 11.2 Å². The first-order valence-electron chi connectivity index (χ1n) is 6.13. The van der Waals surface area contributed by atoms with E-state index in [1.165, 1.54) is 16.4 Å². The molecule has 0 bridgehead atoms. The van der Waals surface area contributed by atoms with E-state index in [1.54, 1.807) is 7.05 Å². The van der Waals surface area contributed by atoms with Gasteiger partial charge in [0.25, 0.3) is 0 Å². The Bertz CT molecular complexity index is 587. The zero-order valence-electron chi connectivity index (χ0n) is 11.6. The van der Waals surface area contributed by atoms with Crippen LogP contribution in [0.1, 0.15) is 42.4 Å². The van der Waals surface area contributed by atoms with Crippen molar-refractivity contribution < 1.29 is 4.79 Å². The van der Waals surface area contributed by atoms with Crippen molar-refractivity contribution in [2.45, 2.75) is 26.2 Å². The average molecular weight is 277 g/mol. The first-order valence-corrected chi connectivity index (χ1v) is 6.51. The molecule has 0 saturated heterocycles. The van der Waals surface area contributed by atoms with E-state index in [0.29, 0.717) is 16.3 Å². The number of nitrogens with zero attached hydrogens (tertiary/aromatic N) is 2. The summed E-state index contributed by atoms with van der Waals surface area (Å²) in [5.41, 5.74) is 2.31. The summed E-state index contributed by atoms with van der Waals surface area (Å²) in [5, 5.41) is 4.37.